The van der Waals surface area contributed by atoms with Gasteiger partial charge in [0.05, 0.1) is 13.1 Å². The van der Waals surface area contributed by atoms with E-state index in [1.807, 2.05) is 6.07 Å². The Bertz CT molecular complexity index is 443. The lowest BCUT2D eigenvalue weighted by atomic mass is 10.1. The first kappa shape index (κ1) is 14.8. The van der Waals surface area contributed by atoms with Crippen LogP contribution in [0.2, 0.25) is 0 Å². The van der Waals surface area contributed by atoms with E-state index in [0.717, 1.165) is 0 Å². The van der Waals surface area contributed by atoms with Crippen molar-refractivity contribution >= 4 is 17.6 Å². The quantitative estimate of drug-likeness (QED) is 0.618. The van der Waals surface area contributed by atoms with Gasteiger partial charge in [-0.15, -0.1) is 0 Å². The lowest BCUT2D eigenvalue weighted by Gasteiger charge is -2.18. The molecule has 0 aliphatic rings. The number of ketones is 1. The molecule has 0 aliphatic heterocycles. The third-order valence-corrected chi connectivity index (χ3v) is 2.51. The topological polar surface area (TPSA) is 106 Å². The third kappa shape index (κ3) is 5.78. The molecule has 0 atom stereocenters. The van der Waals surface area contributed by atoms with Gasteiger partial charge in [-0.25, -0.2) is 0 Å². The molecule has 1 aromatic carbocycles. The van der Waals surface area contributed by atoms with Crippen LogP contribution in [0.4, 0.5) is 0 Å². The predicted octanol–water partition coefficient (Wildman–Crippen LogP) is -0.468. The Kier molecular flexibility index (Phi) is 5.69. The van der Waals surface area contributed by atoms with E-state index in [9.17, 15) is 14.4 Å². The molecule has 2 amide bonds. The second kappa shape index (κ2) is 7.27. The zero-order valence-corrected chi connectivity index (χ0v) is 10.5. The highest BCUT2D eigenvalue weighted by molar-refractivity contribution is 5.96. The lowest BCUT2D eigenvalue weighted by Crippen LogP contribution is -2.40. The summed E-state index contributed by atoms with van der Waals surface area (Å²) in [4.78, 5) is 35.0. The van der Waals surface area contributed by atoms with Crippen LogP contribution in [0.15, 0.2) is 30.3 Å². The molecule has 4 N–H and O–H groups in total. The molecule has 0 saturated heterocycles. The van der Waals surface area contributed by atoms with Gasteiger partial charge in [-0.2, -0.15) is 0 Å². The van der Waals surface area contributed by atoms with Crippen LogP contribution in [-0.4, -0.2) is 42.1 Å². The highest BCUT2D eigenvalue weighted by Crippen LogP contribution is 2.04. The molecule has 19 heavy (non-hydrogen) atoms. The van der Waals surface area contributed by atoms with Crippen molar-refractivity contribution in [3.63, 3.8) is 0 Å². The second-order valence-corrected chi connectivity index (χ2v) is 4.18. The summed E-state index contributed by atoms with van der Waals surface area (Å²) < 4.78 is 0. The minimum Gasteiger partial charge on any atom is -0.369 e. The van der Waals surface area contributed by atoms with Crippen molar-refractivity contribution in [1.29, 1.82) is 0 Å². The Balaban J connectivity index is 2.53. The molecule has 0 fully saturated rings. The fraction of sp³-hybridized carbons (Fsp3) is 0.308. The van der Waals surface area contributed by atoms with E-state index in [1.54, 1.807) is 24.3 Å². The predicted molar refractivity (Wildman–Crippen MR) is 70.2 cm³/mol. The van der Waals surface area contributed by atoms with Crippen LogP contribution in [0.5, 0.6) is 0 Å². The average molecular weight is 263 g/mol. The molecule has 0 aliphatic carbocycles. The first-order valence-corrected chi connectivity index (χ1v) is 5.86. The van der Waals surface area contributed by atoms with Crippen LogP contribution in [0.1, 0.15) is 16.8 Å². The number of primary amides is 2. The summed E-state index contributed by atoms with van der Waals surface area (Å²) in [5.74, 6) is -1.18. The highest BCUT2D eigenvalue weighted by atomic mass is 16.2. The van der Waals surface area contributed by atoms with Crippen LogP contribution in [-0.2, 0) is 9.59 Å². The number of carbonyl (C=O) groups is 3. The Hall–Kier alpha value is -2.21. The lowest BCUT2D eigenvalue weighted by molar-refractivity contribution is -0.121. The number of rotatable bonds is 8. The fourth-order valence-electron chi connectivity index (χ4n) is 1.68. The number of nitrogens with two attached hydrogens (primary N) is 2. The Morgan fingerprint density at radius 2 is 1.47 bits per heavy atom. The number of hydrogen-bond donors (Lipinski definition) is 2. The molecule has 0 bridgehead atoms. The van der Waals surface area contributed by atoms with Crippen molar-refractivity contribution in [1.82, 2.24) is 4.90 Å². The number of benzene rings is 1. The summed E-state index contributed by atoms with van der Waals surface area (Å²) in [5.41, 5.74) is 10.7. The van der Waals surface area contributed by atoms with Crippen LogP contribution in [0.3, 0.4) is 0 Å². The average Bonchev–Trinajstić information content (AvgIpc) is 2.35. The van der Waals surface area contributed by atoms with E-state index in [2.05, 4.69) is 0 Å². The molecule has 1 rings (SSSR count). The molecule has 6 heteroatoms. The van der Waals surface area contributed by atoms with Gasteiger partial charge >= 0.3 is 0 Å². The third-order valence-electron chi connectivity index (χ3n) is 2.51. The minimum atomic E-state index is -0.562. The van der Waals surface area contributed by atoms with Gasteiger partial charge in [0.15, 0.2) is 5.78 Å². The molecule has 6 nitrogen and oxygen atoms in total. The van der Waals surface area contributed by atoms with Crippen LogP contribution in [0, 0.1) is 0 Å². The molecule has 0 spiro atoms. The zero-order chi connectivity index (χ0) is 14.3. The normalized spacial score (nSPS) is 10.4. The first-order chi connectivity index (χ1) is 8.99. The fourth-order valence-corrected chi connectivity index (χ4v) is 1.68. The smallest absolute Gasteiger partial charge is 0.231 e. The van der Waals surface area contributed by atoms with E-state index < -0.39 is 11.8 Å². The zero-order valence-electron chi connectivity index (χ0n) is 10.5. The van der Waals surface area contributed by atoms with E-state index in [0.29, 0.717) is 5.56 Å². The van der Waals surface area contributed by atoms with E-state index in [4.69, 9.17) is 11.5 Å². The number of Topliss-reactive ketones (excluding diaryl/α,β-unsaturated/α-hetero) is 1. The summed E-state index contributed by atoms with van der Waals surface area (Å²) >= 11 is 0. The van der Waals surface area contributed by atoms with Gasteiger partial charge in [-0.3, -0.25) is 19.3 Å². The monoisotopic (exact) mass is 263 g/mol. The summed E-state index contributed by atoms with van der Waals surface area (Å²) in [6.45, 7) is 0.0790. The highest BCUT2D eigenvalue weighted by Gasteiger charge is 2.13. The molecular formula is C13H17N3O3. The largest absolute Gasteiger partial charge is 0.369 e. The molecule has 1 aromatic rings. The van der Waals surface area contributed by atoms with Gasteiger partial charge in [0, 0.05) is 18.5 Å². The first-order valence-electron chi connectivity index (χ1n) is 5.86. The number of amides is 2. The van der Waals surface area contributed by atoms with E-state index in [-0.39, 0.29) is 31.8 Å². The maximum atomic E-state index is 11.9. The van der Waals surface area contributed by atoms with Gasteiger partial charge < -0.3 is 11.5 Å². The molecule has 102 valence electrons. The Morgan fingerprint density at radius 3 is 1.95 bits per heavy atom. The maximum Gasteiger partial charge on any atom is 0.231 e. The maximum absolute atomic E-state index is 11.9. The van der Waals surface area contributed by atoms with Crippen molar-refractivity contribution in [3.8, 4) is 0 Å². The van der Waals surface area contributed by atoms with Gasteiger partial charge in [0.1, 0.15) is 0 Å². The number of nitrogens with zero attached hydrogens (tertiary/aromatic N) is 1. The van der Waals surface area contributed by atoms with Crippen LogP contribution in [0.25, 0.3) is 0 Å². The Morgan fingerprint density at radius 1 is 0.947 bits per heavy atom. The molecular weight excluding hydrogens is 246 g/mol. The molecule has 0 heterocycles. The van der Waals surface area contributed by atoms with Crippen LogP contribution >= 0.6 is 0 Å². The van der Waals surface area contributed by atoms with Crippen molar-refractivity contribution in [2.24, 2.45) is 11.5 Å². The summed E-state index contributed by atoms with van der Waals surface area (Å²) in [7, 11) is 0. The Labute approximate surface area is 111 Å². The molecule has 0 aromatic heterocycles. The number of carbonyl (C=O) groups excluding carboxylic acids is 3. The van der Waals surface area contributed by atoms with Gasteiger partial charge in [-0.05, 0) is 0 Å². The van der Waals surface area contributed by atoms with E-state index >= 15 is 0 Å². The summed E-state index contributed by atoms with van der Waals surface area (Å²) in [5, 5.41) is 0. The van der Waals surface area contributed by atoms with Crippen molar-refractivity contribution < 1.29 is 14.4 Å². The minimum absolute atomic E-state index is 0.0560. The van der Waals surface area contributed by atoms with Gasteiger partial charge in [0.25, 0.3) is 0 Å². The van der Waals surface area contributed by atoms with Crippen molar-refractivity contribution in [2.45, 2.75) is 6.42 Å². The summed E-state index contributed by atoms with van der Waals surface area (Å²) in [6.07, 6.45) is 0.199. The number of hydrogen-bond acceptors (Lipinski definition) is 4. The molecule has 0 saturated carbocycles. The van der Waals surface area contributed by atoms with Gasteiger partial charge in [-0.1, -0.05) is 30.3 Å². The summed E-state index contributed by atoms with van der Waals surface area (Å²) in [6, 6.07) is 8.81. The van der Waals surface area contributed by atoms with Crippen molar-refractivity contribution in [3.05, 3.63) is 35.9 Å². The SMILES string of the molecule is NC(=O)CN(CCC(=O)c1ccccc1)CC(N)=O. The van der Waals surface area contributed by atoms with Crippen molar-refractivity contribution in [2.75, 3.05) is 19.6 Å². The second-order valence-electron chi connectivity index (χ2n) is 4.18. The standard InChI is InChI=1S/C13H17N3O3/c14-12(18)8-16(9-13(15)19)7-6-11(17)10-4-2-1-3-5-10/h1-5H,6-9H2,(H2,14,18)(H2,15,19). The van der Waals surface area contributed by atoms with Crippen LogP contribution < -0.4 is 11.5 Å². The molecule has 0 radical (unpaired) electrons. The van der Waals surface area contributed by atoms with E-state index in [1.165, 1.54) is 4.90 Å². The molecule has 0 unspecified atom stereocenters. The van der Waals surface area contributed by atoms with Gasteiger partial charge in [0.2, 0.25) is 11.8 Å².